The third kappa shape index (κ3) is 9.72. The molecule has 3 aromatic carbocycles. The number of sulfonamides is 1. The molecule has 0 radical (unpaired) electrons. The summed E-state index contributed by atoms with van der Waals surface area (Å²) in [7, 11) is -3.57. The third-order valence-corrected chi connectivity index (χ3v) is 8.36. The summed E-state index contributed by atoms with van der Waals surface area (Å²) < 4.78 is 26.9. The van der Waals surface area contributed by atoms with Crippen molar-refractivity contribution in [2.45, 2.75) is 66.5 Å². The van der Waals surface area contributed by atoms with Crippen molar-refractivity contribution in [3.8, 4) is 0 Å². The molecular weight excluding hydrogens is 546 g/mol. The van der Waals surface area contributed by atoms with Gasteiger partial charge in [0.15, 0.2) is 0 Å². The van der Waals surface area contributed by atoms with Crippen LogP contribution in [0.5, 0.6) is 0 Å². The Labute approximate surface area is 252 Å². The number of amides is 2. The van der Waals surface area contributed by atoms with E-state index in [1.165, 1.54) is 10.6 Å². The lowest BCUT2D eigenvalue weighted by atomic mass is 10.0. The molecule has 3 rings (SSSR count). The van der Waals surface area contributed by atoms with Gasteiger partial charge in [0, 0.05) is 32.5 Å². The highest BCUT2D eigenvalue weighted by Gasteiger charge is 2.30. The van der Waals surface area contributed by atoms with Crippen LogP contribution < -0.4 is 9.62 Å². The largest absolute Gasteiger partial charge is 0.354 e. The summed E-state index contributed by atoms with van der Waals surface area (Å²) in [6, 6.07) is 22.6. The zero-order valence-electron chi connectivity index (χ0n) is 25.8. The smallest absolute Gasteiger partial charge is 0.243 e. The Hall–Kier alpha value is -3.65. The summed E-state index contributed by atoms with van der Waals surface area (Å²) in [6.45, 7) is 10.8. The van der Waals surface area contributed by atoms with E-state index in [1.54, 1.807) is 4.90 Å². The quantitative estimate of drug-likeness (QED) is 0.266. The van der Waals surface area contributed by atoms with Crippen molar-refractivity contribution in [1.82, 2.24) is 10.2 Å². The van der Waals surface area contributed by atoms with Crippen LogP contribution in [-0.4, -0.2) is 50.5 Å². The molecule has 1 N–H and O–H groups in total. The zero-order chi connectivity index (χ0) is 30.9. The van der Waals surface area contributed by atoms with E-state index in [0.717, 1.165) is 27.8 Å². The van der Waals surface area contributed by atoms with Crippen molar-refractivity contribution in [1.29, 1.82) is 0 Å². The number of rotatable bonds is 14. The molecule has 0 spiro atoms. The number of carbonyl (C=O) groups is 2. The van der Waals surface area contributed by atoms with Gasteiger partial charge in [-0.25, -0.2) is 8.42 Å². The summed E-state index contributed by atoms with van der Waals surface area (Å²) in [4.78, 5) is 29.3. The van der Waals surface area contributed by atoms with Crippen LogP contribution in [-0.2, 0) is 32.6 Å². The van der Waals surface area contributed by atoms with Gasteiger partial charge in [-0.15, -0.1) is 0 Å². The number of aryl methyl sites for hydroxylation is 3. The first kappa shape index (κ1) is 32.9. The fourth-order valence-electron chi connectivity index (χ4n) is 4.95. The molecular formula is C34H45N3O4S. The van der Waals surface area contributed by atoms with Crippen LogP contribution in [0.1, 0.15) is 54.5 Å². The second-order valence-corrected chi connectivity index (χ2v) is 13.5. The molecule has 0 aromatic heterocycles. The average Bonchev–Trinajstić information content (AvgIpc) is 2.93. The molecule has 0 aliphatic carbocycles. The fraction of sp³-hybridized carbons (Fsp3) is 0.412. The van der Waals surface area contributed by atoms with Gasteiger partial charge in [-0.2, -0.15) is 0 Å². The number of nitrogens with one attached hydrogen (secondary N) is 1. The van der Waals surface area contributed by atoms with Gasteiger partial charge in [0.2, 0.25) is 21.8 Å². The molecule has 226 valence electrons. The Morgan fingerprint density at radius 3 is 2.17 bits per heavy atom. The predicted octanol–water partition coefficient (Wildman–Crippen LogP) is 5.57. The highest BCUT2D eigenvalue weighted by atomic mass is 32.2. The van der Waals surface area contributed by atoms with Crippen LogP contribution >= 0.6 is 0 Å². The van der Waals surface area contributed by atoms with Gasteiger partial charge >= 0.3 is 0 Å². The van der Waals surface area contributed by atoms with Crippen molar-refractivity contribution < 1.29 is 18.0 Å². The highest BCUT2D eigenvalue weighted by molar-refractivity contribution is 7.92. The molecule has 0 aliphatic heterocycles. The van der Waals surface area contributed by atoms with Crippen molar-refractivity contribution in [2.75, 3.05) is 23.7 Å². The fourth-order valence-corrected chi connectivity index (χ4v) is 5.97. The molecule has 1 unspecified atom stereocenters. The minimum Gasteiger partial charge on any atom is -0.354 e. The molecule has 1 atom stereocenters. The van der Waals surface area contributed by atoms with Crippen LogP contribution in [0.25, 0.3) is 0 Å². The Morgan fingerprint density at radius 2 is 1.52 bits per heavy atom. The standard InChI is InChI=1S/C34H45N3O4S/c1-25(2)23-35-34(39)32(22-29-13-8-7-9-14-29)36(24-30-15-10-12-26(3)20-30)33(38)16-11-19-37(42(6,40)41)31-21-27(4)17-18-28(31)5/h7-10,12-15,17-18,20-21,25,32H,11,16,19,22-24H2,1-6H3,(H,35,39). The van der Waals surface area contributed by atoms with Gasteiger partial charge in [-0.1, -0.05) is 86.1 Å². The van der Waals surface area contributed by atoms with Crippen molar-refractivity contribution in [3.05, 3.63) is 101 Å². The first-order valence-electron chi connectivity index (χ1n) is 14.6. The van der Waals surface area contributed by atoms with Gasteiger partial charge < -0.3 is 10.2 Å². The van der Waals surface area contributed by atoms with E-state index in [4.69, 9.17) is 0 Å². The molecule has 42 heavy (non-hydrogen) atoms. The lowest BCUT2D eigenvalue weighted by molar-refractivity contribution is -0.141. The number of benzene rings is 3. The first-order valence-corrected chi connectivity index (χ1v) is 16.4. The molecule has 7 nitrogen and oxygen atoms in total. The molecule has 0 saturated heterocycles. The van der Waals surface area contributed by atoms with Gasteiger partial charge in [0.1, 0.15) is 6.04 Å². The highest BCUT2D eigenvalue weighted by Crippen LogP contribution is 2.25. The maximum atomic E-state index is 14.0. The number of nitrogens with zero attached hydrogens (tertiary/aromatic N) is 2. The van der Waals surface area contributed by atoms with E-state index in [-0.39, 0.29) is 37.2 Å². The summed E-state index contributed by atoms with van der Waals surface area (Å²) in [5, 5.41) is 3.04. The van der Waals surface area contributed by atoms with Crippen molar-refractivity contribution in [3.63, 3.8) is 0 Å². The second-order valence-electron chi connectivity index (χ2n) is 11.6. The van der Waals surface area contributed by atoms with E-state index in [0.29, 0.717) is 25.1 Å². The van der Waals surface area contributed by atoms with Crippen LogP contribution in [0, 0.1) is 26.7 Å². The number of carbonyl (C=O) groups excluding carboxylic acids is 2. The molecule has 0 aliphatic rings. The molecule has 0 fully saturated rings. The normalized spacial score (nSPS) is 12.2. The minimum atomic E-state index is -3.57. The summed E-state index contributed by atoms with van der Waals surface area (Å²) in [5.74, 6) is -0.118. The van der Waals surface area contributed by atoms with Crippen LogP contribution in [0.3, 0.4) is 0 Å². The topological polar surface area (TPSA) is 86.8 Å². The van der Waals surface area contributed by atoms with Gasteiger partial charge in [-0.05, 0) is 61.4 Å². The monoisotopic (exact) mass is 591 g/mol. The predicted molar refractivity (Wildman–Crippen MR) is 171 cm³/mol. The molecule has 0 saturated carbocycles. The van der Waals surface area contributed by atoms with Crippen LogP contribution in [0.2, 0.25) is 0 Å². The maximum absolute atomic E-state index is 14.0. The molecule has 2 amide bonds. The SMILES string of the molecule is Cc1cccc(CN(C(=O)CCCN(c2cc(C)ccc2C)S(C)(=O)=O)C(Cc2ccccc2)C(=O)NCC(C)C)c1. The second kappa shape index (κ2) is 15.0. The molecule has 3 aromatic rings. The number of hydrogen-bond donors (Lipinski definition) is 1. The third-order valence-electron chi connectivity index (χ3n) is 7.18. The Morgan fingerprint density at radius 1 is 0.857 bits per heavy atom. The lowest BCUT2D eigenvalue weighted by Gasteiger charge is -2.32. The Balaban J connectivity index is 1.90. The van der Waals surface area contributed by atoms with Gasteiger partial charge in [0.25, 0.3) is 0 Å². The first-order chi connectivity index (χ1) is 19.8. The van der Waals surface area contributed by atoms with Gasteiger partial charge in [-0.3, -0.25) is 13.9 Å². The maximum Gasteiger partial charge on any atom is 0.243 e. The van der Waals surface area contributed by atoms with Crippen molar-refractivity contribution >= 4 is 27.5 Å². The molecule has 0 heterocycles. The summed E-state index contributed by atoms with van der Waals surface area (Å²) in [6.07, 6.45) is 1.98. The van der Waals surface area contributed by atoms with Crippen LogP contribution in [0.15, 0.2) is 72.8 Å². The van der Waals surface area contributed by atoms with E-state index in [1.807, 2.05) is 107 Å². The van der Waals surface area contributed by atoms with Crippen molar-refractivity contribution in [2.24, 2.45) is 5.92 Å². The molecule has 0 bridgehead atoms. The number of anilines is 1. The Kier molecular flexibility index (Phi) is 11.7. The summed E-state index contributed by atoms with van der Waals surface area (Å²) >= 11 is 0. The average molecular weight is 592 g/mol. The zero-order valence-corrected chi connectivity index (χ0v) is 26.6. The summed E-state index contributed by atoms with van der Waals surface area (Å²) in [5.41, 5.74) is 5.40. The minimum absolute atomic E-state index is 0.103. The van der Waals surface area contributed by atoms with Gasteiger partial charge in [0.05, 0.1) is 11.9 Å². The Bertz CT molecular complexity index is 1450. The number of hydrogen-bond acceptors (Lipinski definition) is 4. The lowest BCUT2D eigenvalue weighted by Crippen LogP contribution is -2.51. The van der Waals surface area contributed by atoms with E-state index in [9.17, 15) is 18.0 Å². The van der Waals surface area contributed by atoms with E-state index in [2.05, 4.69) is 5.32 Å². The van der Waals surface area contributed by atoms with Crippen LogP contribution in [0.4, 0.5) is 5.69 Å². The molecule has 8 heteroatoms. The van der Waals surface area contributed by atoms with E-state index >= 15 is 0 Å². The van der Waals surface area contributed by atoms with E-state index < -0.39 is 16.1 Å².